The summed E-state index contributed by atoms with van der Waals surface area (Å²) in [5.74, 6) is 0. The topological polar surface area (TPSA) is 45.8 Å². The third-order valence-corrected chi connectivity index (χ3v) is 2.18. The number of H-pyrrole nitrogens is 1. The second kappa shape index (κ2) is 2.91. The summed E-state index contributed by atoms with van der Waals surface area (Å²) in [6, 6.07) is 5.15. The van der Waals surface area contributed by atoms with Gasteiger partial charge in [0.25, 0.3) is 5.56 Å². The normalized spacial score (nSPS) is 10.0. The molecule has 0 atom stereocenters. The Labute approximate surface area is 72.7 Å². The number of aromatic nitrogens is 2. The molecule has 3 nitrogen and oxygen atoms in total. The van der Waals surface area contributed by atoms with Crippen molar-refractivity contribution in [1.82, 2.24) is 10.2 Å². The van der Waals surface area contributed by atoms with Gasteiger partial charge in [-0.15, -0.1) is 0 Å². The van der Waals surface area contributed by atoms with Gasteiger partial charge in [0.05, 0.1) is 5.69 Å². The molecule has 2 rings (SSSR count). The van der Waals surface area contributed by atoms with E-state index in [1.54, 1.807) is 17.4 Å². The average Bonchev–Trinajstić information content (AvgIpc) is 2.58. The predicted molar refractivity (Wildman–Crippen MR) is 48.2 cm³/mol. The van der Waals surface area contributed by atoms with Crippen LogP contribution in [0.1, 0.15) is 0 Å². The molecule has 12 heavy (non-hydrogen) atoms. The predicted octanol–water partition coefficient (Wildman–Crippen LogP) is 1.50. The Morgan fingerprint density at radius 1 is 1.33 bits per heavy atom. The molecule has 2 aromatic heterocycles. The Bertz CT molecular complexity index is 398. The smallest absolute Gasteiger partial charge is 0.264 e. The lowest BCUT2D eigenvalue weighted by molar-refractivity contribution is 0.996. The zero-order chi connectivity index (χ0) is 8.39. The summed E-state index contributed by atoms with van der Waals surface area (Å²) < 4.78 is 0. The summed E-state index contributed by atoms with van der Waals surface area (Å²) in [5.41, 5.74) is 1.67. The van der Waals surface area contributed by atoms with Crippen LogP contribution in [0, 0.1) is 0 Å². The molecule has 0 aliphatic rings. The highest BCUT2D eigenvalue weighted by Gasteiger charge is 1.97. The van der Waals surface area contributed by atoms with Crippen molar-refractivity contribution in [2.75, 3.05) is 0 Å². The molecule has 0 amide bonds. The first kappa shape index (κ1) is 7.24. The Kier molecular flexibility index (Phi) is 1.75. The summed E-state index contributed by atoms with van der Waals surface area (Å²) >= 11 is 1.61. The van der Waals surface area contributed by atoms with Gasteiger partial charge in [0.1, 0.15) is 0 Å². The van der Waals surface area contributed by atoms with E-state index in [1.165, 1.54) is 6.07 Å². The molecular formula is C8H6N2OS. The standard InChI is InChI=1S/C8H6N2OS/c11-8-2-1-7(9-10-8)6-3-4-12-5-6/h1-5H,(H,10,11). The van der Waals surface area contributed by atoms with Crippen LogP contribution in [0.5, 0.6) is 0 Å². The fraction of sp³-hybridized carbons (Fsp3) is 0. The van der Waals surface area contributed by atoms with Crippen molar-refractivity contribution in [2.45, 2.75) is 0 Å². The molecule has 0 aromatic carbocycles. The molecule has 0 aliphatic heterocycles. The quantitative estimate of drug-likeness (QED) is 0.719. The second-order valence-corrected chi connectivity index (χ2v) is 3.10. The minimum Gasteiger partial charge on any atom is -0.268 e. The summed E-state index contributed by atoms with van der Waals surface area (Å²) in [4.78, 5) is 10.7. The van der Waals surface area contributed by atoms with E-state index in [-0.39, 0.29) is 5.56 Å². The lowest BCUT2D eigenvalue weighted by Crippen LogP contribution is -2.05. The van der Waals surface area contributed by atoms with E-state index < -0.39 is 0 Å². The van der Waals surface area contributed by atoms with E-state index >= 15 is 0 Å². The number of hydrogen-bond donors (Lipinski definition) is 1. The van der Waals surface area contributed by atoms with Crippen LogP contribution in [0.4, 0.5) is 0 Å². The van der Waals surface area contributed by atoms with Crippen LogP contribution in [-0.2, 0) is 0 Å². The summed E-state index contributed by atoms with van der Waals surface area (Å²) in [6.45, 7) is 0. The van der Waals surface area contributed by atoms with Crippen molar-refractivity contribution in [3.63, 3.8) is 0 Å². The Morgan fingerprint density at radius 2 is 2.25 bits per heavy atom. The van der Waals surface area contributed by atoms with Gasteiger partial charge in [-0.2, -0.15) is 16.4 Å². The van der Waals surface area contributed by atoms with Crippen molar-refractivity contribution in [3.05, 3.63) is 39.3 Å². The highest BCUT2D eigenvalue weighted by Crippen LogP contribution is 2.17. The molecule has 0 spiro atoms. The number of nitrogens with zero attached hydrogens (tertiary/aromatic N) is 1. The van der Waals surface area contributed by atoms with Gasteiger partial charge in [-0.3, -0.25) is 4.79 Å². The maximum absolute atomic E-state index is 10.7. The zero-order valence-electron chi connectivity index (χ0n) is 6.15. The van der Waals surface area contributed by atoms with Gasteiger partial charge in [0, 0.05) is 17.0 Å². The van der Waals surface area contributed by atoms with E-state index in [0.29, 0.717) is 0 Å². The molecule has 0 radical (unpaired) electrons. The van der Waals surface area contributed by atoms with Gasteiger partial charge < -0.3 is 0 Å². The molecule has 0 fully saturated rings. The van der Waals surface area contributed by atoms with E-state index in [1.807, 2.05) is 16.8 Å². The first-order valence-corrected chi connectivity index (χ1v) is 4.39. The minimum absolute atomic E-state index is 0.172. The van der Waals surface area contributed by atoms with Gasteiger partial charge in [0.2, 0.25) is 0 Å². The maximum Gasteiger partial charge on any atom is 0.264 e. The van der Waals surface area contributed by atoms with Gasteiger partial charge in [0.15, 0.2) is 0 Å². The van der Waals surface area contributed by atoms with E-state index in [9.17, 15) is 4.79 Å². The van der Waals surface area contributed by atoms with Crippen LogP contribution >= 0.6 is 11.3 Å². The summed E-state index contributed by atoms with van der Waals surface area (Å²) in [5, 5.41) is 10.2. The molecular weight excluding hydrogens is 172 g/mol. The number of hydrogen-bond acceptors (Lipinski definition) is 3. The van der Waals surface area contributed by atoms with Crippen LogP contribution in [0.2, 0.25) is 0 Å². The van der Waals surface area contributed by atoms with Crippen LogP contribution in [0.15, 0.2) is 33.8 Å². The van der Waals surface area contributed by atoms with Crippen molar-refractivity contribution in [2.24, 2.45) is 0 Å². The maximum atomic E-state index is 10.7. The van der Waals surface area contributed by atoms with Crippen molar-refractivity contribution < 1.29 is 0 Å². The molecule has 2 heterocycles. The van der Waals surface area contributed by atoms with Gasteiger partial charge >= 0.3 is 0 Å². The van der Waals surface area contributed by atoms with Crippen LogP contribution in [0.3, 0.4) is 0 Å². The van der Waals surface area contributed by atoms with Crippen molar-refractivity contribution in [3.8, 4) is 11.3 Å². The Hall–Kier alpha value is -1.42. The molecule has 0 saturated carbocycles. The molecule has 0 unspecified atom stereocenters. The van der Waals surface area contributed by atoms with Crippen molar-refractivity contribution >= 4 is 11.3 Å². The van der Waals surface area contributed by atoms with E-state index in [2.05, 4.69) is 10.2 Å². The number of aromatic amines is 1. The van der Waals surface area contributed by atoms with Gasteiger partial charge in [-0.25, -0.2) is 5.10 Å². The van der Waals surface area contributed by atoms with Gasteiger partial charge in [-0.1, -0.05) is 0 Å². The molecule has 1 N–H and O–H groups in total. The largest absolute Gasteiger partial charge is 0.268 e. The van der Waals surface area contributed by atoms with Crippen LogP contribution in [-0.4, -0.2) is 10.2 Å². The van der Waals surface area contributed by atoms with Gasteiger partial charge in [-0.05, 0) is 17.5 Å². The fourth-order valence-electron chi connectivity index (χ4n) is 0.915. The molecule has 0 aliphatic carbocycles. The summed E-state index contributed by atoms with van der Waals surface area (Å²) in [7, 11) is 0. The number of rotatable bonds is 1. The summed E-state index contributed by atoms with van der Waals surface area (Å²) in [6.07, 6.45) is 0. The minimum atomic E-state index is -0.172. The Morgan fingerprint density at radius 3 is 2.83 bits per heavy atom. The third-order valence-electron chi connectivity index (χ3n) is 1.50. The van der Waals surface area contributed by atoms with Crippen molar-refractivity contribution in [1.29, 1.82) is 0 Å². The molecule has 2 aromatic rings. The third kappa shape index (κ3) is 1.29. The highest BCUT2D eigenvalue weighted by atomic mass is 32.1. The first-order chi connectivity index (χ1) is 5.86. The SMILES string of the molecule is O=c1ccc(-c2ccsc2)n[nH]1. The average molecular weight is 178 g/mol. The van der Waals surface area contributed by atoms with E-state index in [4.69, 9.17) is 0 Å². The lowest BCUT2D eigenvalue weighted by Gasteiger charge is -1.92. The van der Waals surface area contributed by atoms with Crippen LogP contribution in [0.25, 0.3) is 11.3 Å². The number of thiophene rings is 1. The Balaban J connectivity index is 2.49. The second-order valence-electron chi connectivity index (χ2n) is 2.32. The molecule has 4 heteroatoms. The fourth-order valence-corrected chi connectivity index (χ4v) is 1.57. The monoisotopic (exact) mass is 178 g/mol. The lowest BCUT2D eigenvalue weighted by atomic mass is 10.2. The highest BCUT2D eigenvalue weighted by molar-refractivity contribution is 7.08. The van der Waals surface area contributed by atoms with Crippen LogP contribution < -0.4 is 5.56 Å². The molecule has 60 valence electrons. The molecule has 0 saturated heterocycles. The first-order valence-electron chi connectivity index (χ1n) is 3.44. The molecule has 0 bridgehead atoms. The zero-order valence-corrected chi connectivity index (χ0v) is 6.97. The van der Waals surface area contributed by atoms with E-state index in [0.717, 1.165) is 11.3 Å². The number of nitrogens with one attached hydrogen (secondary N) is 1.